The number of hydrogen-bond donors (Lipinski definition) is 2. The lowest BCUT2D eigenvalue weighted by Gasteiger charge is -2.15. The van der Waals surface area contributed by atoms with Crippen LogP contribution in [0.5, 0.6) is 0 Å². The normalized spacial score (nSPS) is 14.9. The average molecular weight is 333 g/mol. The van der Waals surface area contributed by atoms with E-state index in [1.54, 1.807) is 18.3 Å². The minimum atomic E-state index is -0.242. The van der Waals surface area contributed by atoms with Gasteiger partial charge < -0.3 is 5.32 Å². The summed E-state index contributed by atoms with van der Waals surface area (Å²) in [6.45, 7) is 0. The van der Waals surface area contributed by atoms with Crippen molar-refractivity contribution < 1.29 is 4.39 Å². The molecule has 1 saturated carbocycles. The average Bonchev–Trinajstić information content (AvgIpc) is 3.10. The molecule has 4 rings (SSSR count). The zero-order chi connectivity index (χ0) is 17.1. The van der Waals surface area contributed by atoms with Crippen LogP contribution in [0.25, 0.3) is 10.9 Å². The molecule has 0 atom stereocenters. The Bertz CT molecular complexity index is 925. The van der Waals surface area contributed by atoms with Crippen molar-refractivity contribution in [1.29, 1.82) is 0 Å². The summed E-state index contributed by atoms with van der Waals surface area (Å²) >= 11 is 0. The number of nitrogens with one attached hydrogen (secondary N) is 2. The first-order valence-electron chi connectivity index (χ1n) is 8.79. The standard InChI is InChI=1S/C21H20FN3/c22-18-8-10-19(11-9-18)24-20-13-17-14-23-25-21(17)12-16(20)7-6-15-4-2-1-3-5-15/h8-15,24H,1-5H2,(H,23,25). The van der Waals surface area contributed by atoms with Gasteiger partial charge in [0.25, 0.3) is 0 Å². The largest absolute Gasteiger partial charge is 0.354 e. The van der Waals surface area contributed by atoms with Crippen LogP contribution in [0.1, 0.15) is 37.7 Å². The summed E-state index contributed by atoms with van der Waals surface area (Å²) in [5.74, 6) is 7.06. The Hall–Kier alpha value is -2.80. The van der Waals surface area contributed by atoms with Crippen molar-refractivity contribution >= 4 is 22.3 Å². The lowest BCUT2D eigenvalue weighted by molar-refractivity contribution is 0.430. The molecule has 0 unspecified atom stereocenters. The molecule has 3 aromatic rings. The minimum absolute atomic E-state index is 0.242. The van der Waals surface area contributed by atoms with E-state index in [4.69, 9.17) is 0 Å². The number of nitrogens with zero attached hydrogens (tertiary/aromatic N) is 1. The third-order valence-electron chi connectivity index (χ3n) is 4.72. The number of aromatic amines is 1. The Labute approximate surface area is 146 Å². The molecule has 0 radical (unpaired) electrons. The number of aromatic nitrogens is 2. The summed E-state index contributed by atoms with van der Waals surface area (Å²) in [5.41, 5.74) is 3.66. The Morgan fingerprint density at radius 3 is 2.68 bits per heavy atom. The Morgan fingerprint density at radius 1 is 1.08 bits per heavy atom. The van der Waals surface area contributed by atoms with Gasteiger partial charge in [-0.3, -0.25) is 5.10 Å². The molecule has 0 spiro atoms. The first-order chi connectivity index (χ1) is 12.3. The molecule has 4 heteroatoms. The summed E-state index contributed by atoms with van der Waals surface area (Å²) < 4.78 is 13.1. The van der Waals surface area contributed by atoms with E-state index in [1.807, 2.05) is 12.1 Å². The number of halogens is 1. The molecule has 0 saturated heterocycles. The number of fused-ring (bicyclic) bond motifs is 1. The van der Waals surface area contributed by atoms with Crippen LogP contribution in [0.15, 0.2) is 42.6 Å². The van der Waals surface area contributed by atoms with Crippen molar-refractivity contribution in [3.05, 3.63) is 54.0 Å². The zero-order valence-electron chi connectivity index (χ0n) is 14.0. The summed E-state index contributed by atoms with van der Waals surface area (Å²) in [4.78, 5) is 0. The molecular formula is C21H20FN3. The topological polar surface area (TPSA) is 40.7 Å². The van der Waals surface area contributed by atoms with Gasteiger partial charge in [-0.2, -0.15) is 5.10 Å². The van der Waals surface area contributed by atoms with Crippen LogP contribution in [0.4, 0.5) is 15.8 Å². The fraction of sp³-hybridized carbons (Fsp3) is 0.286. The van der Waals surface area contributed by atoms with Gasteiger partial charge >= 0.3 is 0 Å². The smallest absolute Gasteiger partial charge is 0.123 e. The summed E-state index contributed by atoms with van der Waals surface area (Å²) in [5, 5.41) is 11.5. The molecule has 3 nitrogen and oxygen atoms in total. The van der Waals surface area contributed by atoms with Crippen molar-refractivity contribution in [2.75, 3.05) is 5.32 Å². The van der Waals surface area contributed by atoms with E-state index in [1.165, 1.54) is 44.2 Å². The molecule has 1 aliphatic rings. The summed E-state index contributed by atoms with van der Waals surface area (Å²) in [6.07, 6.45) is 8.07. The van der Waals surface area contributed by atoms with Crippen molar-refractivity contribution in [2.24, 2.45) is 5.92 Å². The second kappa shape index (κ2) is 6.98. The summed E-state index contributed by atoms with van der Waals surface area (Å²) in [7, 11) is 0. The maximum atomic E-state index is 13.1. The second-order valence-electron chi connectivity index (χ2n) is 6.59. The van der Waals surface area contributed by atoms with E-state index >= 15 is 0 Å². The highest BCUT2D eigenvalue weighted by Gasteiger charge is 2.11. The SMILES string of the molecule is Fc1ccc(Nc2cc3cn[nH]c3cc2C#CC2CCCCC2)cc1. The van der Waals surface area contributed by atoms with E-state index in [0.29, 0.717) is 5.92 Å². The number of hydrogen-bond acceptors (Lipinski definition) is 2. The minimum Gasteiger partial charge on any atom is -0.354 e. The molecule has 126 valence electrons. The van der Waals surface area contributed by atoms with E-state index in [-0.39, 0.29) is 5.82 Å². The van der Waals surface area contributed by atoms with E-state index < -0.39 is 0 Å². The highest BCUT2D eigenvalue weighted by Crippen LogP contribution is 2.27. The van der Waals surface area contributed by atoms with Crippen LogP contribution < -0.4 is 5.32 Å². The van der Waals surface area contributed by atoms with Crippen LogP contribution >= 0.6 is 0 Å². The third-order valence-corrected chi connectivity index (χ3v) is 4.72. The highest BCUT2D eigenvalue weighted by atomic mass is 19.1. The van der Waals surface area contributed by atoms with Crippen LogP contribution in [0.3, 0.4) is 0 Å². The number of benzene rings is 2. The fourth-order valence-electron chi connectivity index (χ4n) is 3.31. The summed E-state index contributed by atoms with van der Waals surface area (Å²) in [6, 6.07) is 10.4. The molecule has 0 bridgehead atoms. The quantitative estimate of drug-likeness (QED) is 0.618. The molecule has 1 aromatic heterocycles. The van der Waals surface area contributed by atoms with Crippen LogP contribution in [0.2, 0.25) is 0 Å². The first-order valence-corrected chi connectivity index (χ1v) is 8.79. The molecule has 25 heavy (non-hydrogen) atoms. The molecule has 1 fully saturated rings. The van der Waals surface area contributed by atoms with E-state index in [0.717, 1.165) is 27.8 Å². The zero-order valence-corrected chi connectivity index (χ0v) is 14.0. The number of rotatable bonds is 2. The van der Waals surface area contributed by atoms with E-state index in [9.17, 15) is 4.39 Å². The van der Waals surface area contributed by atoms with E-state index in [2.05, 4.69) is 27.4 Å². The molecule has 1 aliphatic carbocycles. The maximum Gasteiger partial charge on any atom is 0.123 e. The van der Waals surface area contributed by atoms with Gasteiger partial charge in [0.15, 0.2) is 0 Å². The first kappa shape index (κ1) is 15.7. The maximum absolute atomic E-state index is 13.1. The van der Waals surface area contributed by atoms with Gasteiger partial charge in [-0.25, -0.2) is 4.39 Å². The lowest BCUT2D eigenvalue weighted by atomic mass is 9.89. The molecule has 1 heterocycles. The monoisotopic (exact) mass is 333 g/mol. The Morgan fingerprint density at radius 2 is 1.88 bits per heavy atom. The van der Waals surface area contributed by atoms with Gasteiger partial charge in [0.05, 0.1) is 23.0 Å². The lowest BCUT2D eigenvalue weighted by Crippen LogP contribution is -2.03. The Kier molecular flexibility index (Phi) is 4.39. The van der Waals surface area contributed by atoms with Crippen molar-refractivity contribution in [3.8, 4) is 11.8 Å². The van der Waals surface area contributed by atoms with Gasteiger partial charge in [-0.15, -0.1) is 0 Å². The predicted molar refractivity (Wildman–Crippen MR) is 99.2 cm³/mol. The number of H-pyrrole nitrogens is 1. The van der Waals surface area contributed by atoms with Crippen molar-refractivity contribution in [3.63, 3.8) is 0 Å². The second-order valence-corrected chi connectivity index (χ2v) is 6.59. The Balaban J connectivity index is 1.68. The van der Waals surface area contributed by atoms with Gasteiger partial charge in [-0.05, 0) is 49.2 Å². The van der Waals surface area contributed by atoms with Gasteiger partial charge in [0.1, 0.15) is 5.82 Å². The molecule has 2 N–H and O–H groups in total. The highest BCUT2D eigenvalue weighted by molar-refractivity contribution is 5.86. The molecule has 0 amide bonds. The van der Waals surface area contributed by atoms with Crippen molar-refractivity contribution in [2.45, 2.75) is 32.1 Å². The van der Waals surface area contributed by atoms with Gasteiger partial charge in [0, 0.05) is 17.0 Å². The van der Waals surface area contributed by atoms with Crippen molar-refractivity contribution in [1.82, 2.24) is 10.2 Å². The third kappa shape index (κ3) is 3.66. The number of anilines is 2. The van der Waals surface area contributed by atoms with Crippen LogP contribution in [-0.4, -0.2) is 10.2 Å². The fourth-order valence-corrected chi connectivity index (χ4v) is 3.31. The van der Waals surface area contributed by atoms with Crippen LogP contribution in [-0.2, 0) is 0 Å². The predicted octanol–water partition coefficient (Wildman–Crippen LogP) is 5.38. The molecule has 2 aromatic carbocycles. The van der Waals surface area contributed by atoms with Gasteiger partial charge in [-0.1, -0.05) is 31.1 Å². The molecular weight excluding hydrogens is 313 g/mol. The van der Waals surface area contributed by atoms with Gasteiger partial charge in [0.2, 0.25) is 0 Å². The van der Waals surface area contributed by atoms with Crippen LogP contribution in [0, 0.1) is 23.6 Å². The molecule has 0 aliphatic heterocycles.